The van der Waals surface area contributed by atoms with Crippen LogP contribution in [0.3, 0.4) is 0 Å². The van der Waals surface area contributed by atoms with Crippen molar-refractivity contribution in [3.05, 3.63) is 30.7 Å². The number of amides is 1. The van der Waals surface area contributed by atoms with Crippen LogP contribution in [0.5, 0.6) is 0 Å². The van der Waals surface area contributed by atoms with Gasteiger partial charge in [-0.3, -0.25) is 14.9 Å². The third kappa shape index (κ3) is 1.71. The van der Waals surface area contributed by atoms with Gasteiger partial charge in [0.05, 0.1) is 6.20 Å². The van der Waals surface area contributed by atoms with Crippen LogP contribution in [0.25, 0.3) is 0 Å². The van der Waals surface area contributed by atoms with Crippen LogP contribution in [0.15, 0.2) is 24.9 Å². The molecule has 0 fully saturated rings. The highest BCUT2D eigenvalue weighted by atomic mass is 16.2. The Morgan fingerprint density at radius 1 is 1.36 bits per heavy atom. The van der Waals surface area contributed by atoms with E-state index in [1.54, 1.807) is 0 Å². The average Bonchev–Trinajstić information content (AvgIpc) is 2.72. The molecule has 0 saturated carbocycles. The number of aromatic amines is 1. The van der Waals surface area contributed by atoms with Crippen molar-refractivity contribution in [2.45, 2.75) is 0 Å². The van der Waals surface area contributed by atoms with E-state index < -0.39 is 5.91 Å². The Morgan fingerprint density at radius 3 is 2.93 bits per heavy atom. The first kappa shape index (κ1) is 8.30. The molecular weight excluding hydrogens is 184 g/mol. The topological polar surface area (TPSA) is 96.5 Å². The summed E-state index contributed by atoms with van der Waals surface area (Å²) in [5.41, 5.74) is 0. The quantitative estimate of drug-likeness (QED) is 0.686. The second-order valence-corrected chi connectivity index (χ2v) is 2.38. The Bertz CT molecular complexity index is 411. The van der Waals surface area contributed by atoms with Crippen molar-refractivity contribution in [1.82, 2.24) is 25.1 Å². The molecule has 2 N–H and O–H groups in total. The van der Waals surface area contributed by atoms with Gasteiger partial charge in [0, 0.05) is 12.4 Å². The van der Waals surface area contributed by atoms with E-state index in [-0.39, 0.29) is 5.82 Å². The maximum absolute atomic E-state index is 11.4. The number of nitrogens with zero attached hydrogens (tertiary/aromatic N) is 4. The highest BCUT2D eigenvalue weighted by Gasteiger charge is 2.08. The zero-order valence-electron chi connectivity index (χ0n) is 7.01. The molecule has 7 nitrogen and oxygen atoms in total. The SMILES string of the molecule is O=C(Nc1cnccn1)c1ncn[nH]1. The maximum atomic E-state index is 11.4. The summed E-state index contributed by atoms with van der Waals surface area (Å²) in [5.74, 6) is 0.104. The van der Waals surface area contributed by atoms with Gasteiger partial charge in [0.2, 0.25) is 5.82 Å². The molecule has 0 radical (unpaired) electrons. The van der Waals surface area contributed by atoms with E-state index >= 15 is 0 Å². The number of H-pyrrole nitrogens is 1. The predicted molar refractivity (Wildman–Crippen MR) is 46.4 cm³/mol. The molecule has 0 saturated heterocycles. The van der Waals surface area contributed by atoms with Crippen LogP contribution in [0.1, 0.15) is 10.6 Å². The number of nitrogens with one attached hydrogen (secondary N) is 2. The van der Waals surface area contributed by atoms with E-state index in [0.29, 0.717) is 5.82 Å². The lowest BCUT2D eigenvalue weighted by Crippen LogP contribution is -2.14. The van der Waals surface area contributed by atoms with Crippen molar-refractivity contribution in [2.24, 2.45) is 0 Å². The number of carbonyl (C=O) groups excluding carboxylic acids is 1. The molecule has 7 heteroatoms. The third-order valence-electron chi connectivity index (χ3n) is 1.43. The fourth-order valence-electron chi connectivity index (χ4n) is 0.854. The molecule has 0 aliphatic heterocycles. The summed E-state index contributed by atoms with van der Waals surface area (Å²) in [6.07, 6.45) is 5.69. The van der Waals surface area contributed by atoms with Crippen LogP contribution in [-0.4, -0.2) is 31.1 Å². The second kappa shape index (κ2) is 3.60. The van der Waals surface area contributed by atoms with E-state index in [9.17, 15) is 4.79 Å². The van der Waals surface area contributed by atoms with Crippen molar-refractivity contribution < 1.29 is 4.79 Å². The Hall–Kier alpha value is -2.31. The molecule has 2 heterocycles. The molecule has 14 heavy (non-hydrogen) atoms. The average molecular weight is 190 g/mol. The fourth-order valence-corrected chi connectivity index (χ4v) is 0.854. The first-order valence-corrected chi connectivity index (χ1v) is 3.79. The number of anilines is 1. The highest BCUT2D eigenvalue weighted by molar-refractivity contribution is 6.00. The molecule has 0 aliphatic rings. The van der Waals surface area contributed by atoms with Crippen LogP contribution in [0.2, 0.25) is 0 Å². The summed E-state index contributed by atoms with van der Waals surface area (Å²) in [6, 6.07) is 0. The van der Waals surface area contributed by atoms with Gasteiger partial charge < -0.3 is 5.32 Å². The van der Waals surface area contributed by atoms with Crippen LogP contribution in [-0.2, 0) is 0 Å². The molecule has 0 bridgehead atoms. The number of hydrogen-bond acceptors (Lipinski definition) is 5. The zero-order chi connectivity index (χ0) is 9.80. The molecule has 2 rings (SSSR count). The van der Waals surface area contributed by atoms with E-state index in [2.05, 4.69) is 30.5 Å². The fraction of sp³-hybridized carbons (Fsp3) is 0. The van der Waals surface area contributed by atoms with E-state index in [1.165, 1.54) is 24.9 Å². The Labute approximate surface area is 78.6 Å². The van der Waals surface area contributed by atoms with Gasteiger partial charge in [-0.05, 0) is 0 Å². The third-order valence-corrected chi connectivity index (χ3v) is 1.43. The van der Waals surface area contributed by atoms with Crippen LogP contribution in [0.4, 0.5) is 5.82 Å². The van der Waals surface area contributed by atoms with E-state index in [1.807, 2.05) is 0 Å². The van der Waals surface area contributed by atoms with Crippen LogP contribution >= 0.6 is 0 Å². The molecule has 2 aromatic rings. The summed E-state index contributed by atoms with van der Waals surface area (Å²) in [4.78, 5) is 22.7. The molecule has 0 atom stereocenters. The monoisotopic (exact) mass is 190 g/mol. The van der Waals surface area contributed by atoms with Gasteiger partial charge in [0.15, 0.2) is 5.82 Å². The zero-order valence-corrected chi connectivity index (χ0v) is 7.01. The van der Waals surface area contributed by atoms with Gasteiger partial charge >= 0.3 is 0 Å². The normalized spacial score (nSPS) is 9.71. The second-order valence-electron chi connectivity index (χ2n) is 2.38. The van der Waals surface area contributed by atoms with Gasteiger partial charge in [-0.25, -0.2) is 9.97 Å². The summed E-state index contributed by atoms with van der Waals surface area (Å²) in [5, 5.41) is 8.49. The number of aromatic nitrogens is 5. The van der Waals surface area contributed by atoms with Crippen LogP contribution < -0.4 is 5.32 Å². The molecular formula is C7H6N6O. The summed E-state index contributed by atoms with van der Waals surface area (Å²) in [7, 11) is 0. The summed E-state index contributed by atoms with van der Waals surface area (Å²) >= 11 is 0. The van der Waals surface area contributed by atoms with Gasteiger partial charge in [0.1, 0.15) is 6.33 Å². The molecule has 1 amide bonds. The number of rotatable bonds is 2. The molecule has 0 unspecified atom stereocenters. The first-order valence-electron chi connectivity index (χ1n) is 3.79. The maximum Gasteiger partial charge on any atom is 0.294 e. The van der Waals surface area contributed by atoms with Crippen molar-refractivity contribution >= 4 is 11.7 Å². The lowest BCUT2D eigenvalue weighted by atomic mass is 10.5. The Morgan fingerprint density at radius 2 is 2.29 bits per heavy atom. The number of carbonyl (C=O) groups is 1. The van der Waals surface area contributed by atoms with Gasteiger partial charge in [-0.15, -0.1) is 0 Å². The van der Waals surface area contributed by atoms with Crippen molar-refractivity contribution in [3.63, 3.8) is 0 Å². The van der Waals surface area contributed by atoms with Crippen LogP contribution in [0, 0.1) is 0 Å². The molecule has 70 valence electrons. The van der Waals surface area contributed by atoms with Crippen molar-refractivity contribution in [2.75, 3.05) is 5.32 Å². The minimum Gasteiger partial charge on any atom is -0.303 e. The standard InChI is InChI=1S/C7H6N6O/c14-7(6-10-4-11-13-6)12-5-3-8-1-2-9-5/h1-4H,(H,9,12,14)(H,10,11,13). The molecule has 2 aromatic heterocycles. The van der Waals surface area contributed by atoms with Gasteiger partial charge in [0.25, 0.3) is 5.91 Å². The predicted octanol–water partition coefficient (Wildman–Crippen LogP) is -0.153. The van der Waals surface area contributed by atoms with E-state index in [0.717, 1.165) is 0 Å². The summed E-state index contributed by atoms with van der Waals surface area (Å²) in [6.45, 7) is 0. The lowest BCUT2D eigenvalue weighted by molar-refractivity contribution is 0.101. The smallest absolute Gasteiger partial charge is 0.294 e. The van der Waals surface area contributed by atoms with E-state index in [4.69, 9.17) is 0 Å². The molecule has 0 aromatic carbocycles. The molecule has 0 spiro atoms. The number of hydrogen-bond donors (Lipinski definition) is 2. The Kier molecular flexibility index (Phi) is 2.14. The highest BCUT2D eigenvalue weighted by Crippen LogP contribution is 1.99. The Balaban J connectivity index is 2.10. The largest absolute Gasteiger partial charge is 0.303 e. The first-order chi connectivity index (χ1) is 6.86. The van der Waals surface area contributed by atoms with Gasteiger partial charge in [-0.2, -0.15) is 5.10 Å². The summed E-state index contributed by atoms with van der Waals surface area (Å²) < 4.78 is 0. The van der Waals surface area contributed by atoms with Gasteiger partial charge in [-0.1, -0.05) is 0 Å². The minimum atomic E-state index is -0.400. The van der Waals surface area contributed by atoms with Crippen molar-refractivity contribution in [3.8, 4) is 0 Å². The van der Waals surface area contributed by atoms with Crippen molar-refractivity contribution in [1.29, 1.82) is 0 Å². The molecule has 0 aliphatic carbocycles. The minimum absolute atomic E-state index is 0.135. The lowest BCUT2D eigenvalue weighted by Gasteiger charge is -1.99.